The van der Waals surface area contributed by atoms with E-state index in [-0.39, 0.29) is 29.4 Å². The molecule has 1 amide bonds. The monoisotopic (exact) mass is 399 g/mol. The summed E-state index contributed by atoms with van der Waals surface area (Å²) in [6.07, 6.45) is 1.27. The van der Waals surface area contributed by atoms with Crippen molar-refractivity contribution in [2.45, 2.75) is 12.8 Å². The number of amides is 1. The second-order valence-electron chi connectivity index (χ2n) is 6.85. The summed E-state index contributed by atoms with van der Waals surface area (Å²) in [6, 6.07) is 17.5. The van der Waals surface area contributed by atoms with E-state index in [1.165, 1.54) is 0 Å². The average molecular weight is 399 g/mol. The van der Waals surface area contributed by atoms with E-state index in [1.807, 2.05) is 54.6 Å². The van der Waals surface area contributed by atoms with Gasteiger partial charge in [0.1, 0.15) is 5.82 Å². The van der Waals surface area contributed by atoms with Crippen molar-refractivity contribution >= 4 is 17.5 Å². The highest BCUT2D eigenvalue weighted by molar-refractivity contribution is 6.04. The molecule has 9 nitrogen and oxygen atoms in total. The molecule has 2 aromatic carbocycles. The number of nitrogen functional groups attached to an aromatic ring is 1. The number of anilines is 2. The molecule has 1 aliphatic rings. The van der Waals surface area contributed by atoms with Crippen LogP contribution in [0.3, 0.4) is 0 Å². The van der Waals surface area contributed by atoms with E-state index in [2.05, 4.69) is 25.1 Å². The third-order valence-electron chi connectivity index (χ3n) is 4.85. The molecule has 148 valence electrons. The fourth-order valence-electron chi connectivity index (χ4n) is 3.46. The van der Waals surface area contributed by atoms with Crippen molar-refractivity contribution in [2.75, 3.05) is 17.2 Å². The molecule has 0 saturated heterocycles. The van der Waals surface area contributed by atoms with Crippen LogP contribution in [0.5, 0.6) is 0 Å². The van der Waals surface area contributed by atoms with E-state index in [1.54, 1.807) is 4.90 Å². The molecule has 30 heavy (non-hydrogen) atoms. The molecule has 5 rings (SSSR count). The minimum absolute atomic E-state index is 0.0528. The highest BCUT2D eigenvalue weighted by Crippen LogP contribution is 2.28. The van der Waals surface area contributed by atoms with Crippen molar-refractivity contribution in [1.82, 2.24) is 25.1 Å². The van der Waals surface area contributed by atoms with Crippen molar-refractivity contribution in [3.63, 3.8) is 0 Å². The van der Waals surface area contributed by atoms with Gasteiger partial charge in [-0.1, -0.05) is 53.7 Å². The maximum atomic E-state index is 12.9. The van der Waals surface area contributed by atoms with Crippen LogP contribution in [-0.2, 0) is 12.8 Å². The van der Waals surface area contributed by atoms with E-state index < -0.39 is 0 Å². The molecule has 1 aliphatic heterocycles. The molecule has 2 aromatic heterocycles. The smallest absolute Gasteiger partial charge is 0.316 e. The van der Waals surface area contributed by atoms with E-state index >= 15 is 0 Å². The first kappa shape index (κ1) is 17.9. The van der Waals surface area contributed by atoms with Crippen LogP contribution < -0.4 is 10.6 Å². The largest absolute Gasteiger partial charge is 0.368 e. The number of aromatic nitrogens is 5. The number of hydrogen-bond acceptors (Lipinski definition) is 8. The van der Waals surface area contributed by atoms with E-state index in [0.29, 0.717) is 18.8 Å². The Labute approximate surface area is 171 Å². The summed E-state index contributed by atoms with van der Waals surface area (Å²) in [5.74, 6) is 0.315. The lowest BCUT2D eigenvalue weighted by Gasteiger charge is -2.14. The van der Waals surface area contributed by atoms with Gasteiger partial charge in [-0.3, -0.25) is 4.79 Å². The first-order chi connectivity index (χ1) is 14.7. The van der Waals surface area contributed by atoms with Gasteiger partial charge in [-0.25, -0.2) is 4.98 Å². The number of nitrogens with two attached hydrogens (primary N) is 1. The Morgan fingerprint density at radius 2 is 1.77 bits per heavy atom. The third-order valence-corrected chi connectivity index (χ3v) is 4.85. The van der Waals surface area contributed by atoms with Crippen LogP contribution in [0.2, 0.25) is 0 Å². The summed E-state index contributed by atoms with van der Waals surface area (Å²) >= 11 is 0. The van der Waals surface area contributed by atoms with Crippen molar-refractivity contribution in [2.24, 2.45) is 0 Å². The molecule has 0 fully saturated rings. The molecule has 0 bridgehead atoms. The normalized spacial score (nSPS) is 12.7. The van der Waals surface area contributed by atoms with Crippen molar-refractivity contribution in [3.05, 3.63) is 77.4 Å². The number of carbonyl (C=O) groups is 1. The van der Waals surface area contributed by atoms with Gasteiger partial charge in [0.2, 0.25) is 17.6 Å². The third kappa shape index (κ3) is 3.37. The maximum Gasteiger partial charge on any atom is 0.316 e. The number of rotatable bonds is 4. The zero-order chi connectivity index (χ0) is 20.5. The Kier molecular flexibility index (Phi) is 4.40. The summed E-state index contributed by atoms with van der Waals surface area (Å²) < 4.78 is 5.21. The molecule has 0 unspecified atom stereocenters. The first-order valence-corrected chi connectivity index (χ1v) is 9.45. The quantitative estimate of drug-likeness (QED) is 0.554. The second kappa shape index (κ2) is 7.36. The Hall–Kier alpha value is -4.14. The molecule has 3 heterocycles. The Morgan fingerprint density at radius 1 is 0.967 bits per heavy atom. The zero-order valence-electron chi connectivity index (χ0n) is 15.9. The molecule has 0 radical (unpaired) electrons. The van der Waals surface area contributed by atoms with Crippen LogP contribution in [0.15, 0.2) is 59.1 Å². The lowest BCUT2D eigenvalue weighted by Crippen LogP contribution is -2.29. The first-order valence-electron chi connectivity index (χ1n) is 9.45. The highest BCUT2D eigenvalue weighted by atomic mass is 16.5. The summed E-state index contributed by atoms with van der Waals surface area (Å²) in [6.45, 7) is 0.565. The predicted octanol–water partition coefficient (Wildman–Crippen LogP) is 2.30. The van der Waals surface area contributed by atoms with Crippen LogP contribution in [0.1, 0.15) is 27.6 Å². The van der Waals surface area contributed by atoms with Crippen molar-refractivity contribution < 1.29 is 9.32 Å². The maximum absolute atomic E-state index is 12.9. The SMILES string of the molecule is Nc1nc(Cc2ccccc2)nc(-c2noc(C(=O)N3CCc4ccccc43)n2)n1. The molecule has 2 N–H and O–H groups in total. The van der Waals surface area contributed by atoms with Gasteiger partial charge in [0.15, 0.2) is 0 Å². The molecule has 0 aliphatic carbocycles. The fraction of sp³-hybridized carbons (Fsp3) is 0.143. The summed E-state index contributed by atoms with van der Waals surface area (Å²) in [4.78, 5) is 31.4. The van der Waals surface area contributed by atoms with Gasteiger partial charge in [0.25, 0.3) is 0 Å². The van der Waals surface area contributed by atoms with Gasteiger partial charge >= 0.3 is 11.8 Å². The number of hydrogen-bond donors (Lipinski definition) is 1. The van der Waals surface area contributed by atoms with Crippen LogP contribution in [0.25, 0.3) is 11.6 Å². The average Bonchev–Trinajstić information content (AvgIpc) is 3.41. The number of para-hydroxylation sites is 1. The fourth-order valence-corrected chi connectivity index (χ4v) is 3.46. The van der Waals surface area contributed by atoms with Crippen LogP contribution >= 0.6 is 0 Å². The van der Waals surface area contributed by atoms with Gasteiger partial charge in [0, 0.05) is 18.7 Å². The van der Waals surface area contributed by atoms with Crippen LogP contribution in [0.4, 0.5) is 11.6 Å². The Morgan fingerprint density at radius 3 is 2.63 bits per heavy atom. The molecule has 9 heteroatoms. The molecule has 0 spiro atoms. The second-order valence-corrected chi connectivity index (χ2v) is 6.85. The predicted molar refractivity (Wildman–Crippen MR) is 109 cm³/mol. The standard InChI is InChI=1S/C21H17N7O2/c22-21-24-16(12-13-6-2-1-3-7-13)23-17(26-21)18-25-19(30-27-18)20(29)28-11-10-14-8-4-5-9-15(14)28/h1-9H,10-12H2,(H2,22,23,24,26). The van der Waals surface area contributed by atoms with Gasteiger partial charge in [0.05, 0.1) is 0 Å². The van der Waals surface area contributed by atoms with E-state index in [9.17, 15) is 4.79 Å². The number of benzene rings is 2. The molecule has 0 atom stereocenters. The highest BCUT2D eigenvalue weighted by Gasteiger charge is 2.29. The zero-order valence-corrected chi connectivity index (χ0v) is 15.9. The Bertz CT molecular complexity index is 1220. The van der Waals surface area contributed by atoms with Crippen LogP contribution in [-0.4, -0.2) is 37.5 Å². The van der Waals surface area contributed by atoms with E-state index in [4.69, 9.17) is 10.3 Å². The lowest BCUT2D eigenvalue weighted by molar-refractivity contribution is 0.0947. The van der Waals surface area contributed by atoms with Crippen LogP contribution in [0, 0.1) is 0 Å². The van der Waals surface area contributed by atoms with Crippen molar-refractivity contribution in [3.8, 4) is 11.6 Å². The molecule has 4 aromatic rings. The van der Waals surface area contributed by atoms with E-state index in [0.717, 1.165) is 23.2 Å². The number of fused-ring (bicyclic) bond motifs is 1. The minimum Gasteiger partial charge on any atom is -0.368 e. The summed E-state index contributed by atoms with van der Waals surface area (Å²) in [5, 5.41) is 3.88. The number of nitrogens with zero attached hydrogens (tertiary/aromatic N) is 6. The van der Waals surface area contributed by atoms with Gasteiger partial charge in [-0.15, -0.1) is 0 Å². The molecular formula is C21H17N7O2. The Balaban J connectivity index is 1.41. The van der Waals surface area contributed by atoms with Gasteiger partial charge in [-0.2, -0.15) is 15.0 Å². The minimum atomic E-state index is -0.356. The lowest BCUT2D eigenvalue weighted by atomic mass is 10.1. The molecular weight excluding hydrogens is 382 g/mol. The topological polar surface area (TPSA) is 124 Å². The summed E-state index contributed by atoms with van der Waals surface area (Å²) in [5.41, 5.74) is 8.85. The number of carbonyl (C=O) groups excluding carboxylic acids is 1. The van der Waals surface area contributed by atoms with Gasteiger partial charge in [-0.05, 0) is 23.6 Å². The van der Waals surface area contributed by atoms with Gasteiger partial charge < -0.3 is 15.2 Å². The van der Waals surface area contributed by atoms with Crippen molar-refractivity contribution in [1.29, 1.82) is 0 Å². The molecule has 0 saturated carbocycles. The summed E-state index contributed by atoms with van der Waals surface area (Å²) in [7, 11) is 0.